The van der Waals surface area contributed by atoms with Gasteiger partial charge in [0.1, 0.15) is 5.69 Å². The first-order chi connectivity index (χ1) is 10.0. The number of aromatic amines is 1. The number of nitrogens with one attached hydrogen (secondary N) is 2. The highest BCUT2D eigenvalue weighted by Crippen LogP contribution is 2.31. The summed E-state index contributed by atoms with van der Waals surface area (Å²) < 4.78 is 0. The molecule has 1 heterocycles. The minimum atomic E-state index is -0.0713. The molecule has 21 heavy (non-hydrogen) atoms. The molecule has 0 spiro atoms. The number of halogens is 2. The molecular formula is C16H18Cl2N2O. The quantitative estimate of drug-likeness (QED) is 0.820. The second-order valence-corrected chi connectivity index (χ2v) is 6.72. The molecule has 0 radical (unpaired) electrons. The molecular weight excluding hydrogens is 307 g/mol. The van der Waals surface area contributed by atoms with Crippen molar-refractivity contribution in [2.75, 3.05) is 0 Å². The first-order valence-electron chi connectivity index (χ1n) is 7.32. The number of hydrogen-bond donors (Lipinski definition) is 2. The lowest BCUT2D eigenvalue weighted by molar-refractivity contribution is 0.0919. The van der Waals surface area contributed by atoms with Crippen molar-refractivity contribution in [3.05, 3.63) is 33.9 Å². The molecule has 1 aromatic carbocycles. The molecule has 2 N–H and O–H groups in total. The first kappa shape index (κ1) is 14.7. The standard InChI is InChI=1S/C16H18Cl2N2O/c1-9-2-4-10(5-3-9)19-16(21)14-8-11-13(20-14)7-6-12(17)15(11)18/h6-10,20H,2-5H2,1H3,(H,19,21). The molecule has 2 aromatic rings. The summed E-state index contributed by atoms with van der Waals surface area (Å²) >= 11 is 12.2. The molecule has 1 fully saturated rings. The maximum absolute atomic E-state index is 12.3. The van der Waals surface area contributed by atoms with E-state index in [9.17, 15) is 4.79 Å². The van der Waals surface area contributed by atoms with Crippen LogP contribution < -0.4 is 5.32 Å². The summed E-state index contributed by atoms with van der Waals surface area (Å²) in [5, 5.41) is 4.87. The van der Waals surface area contributed by atoms with Crippen molar-refractivity contribution < 1.29 is 4.79 Å². The van der Waals surface area contributed by atoms with Crippen LogP contribution >= 0.6 is 23.2 Å². The van der Waals surface area contributed by atoms with Crippen molar-refractivity contribution in [3.63, 3.8) is 0 Å². The Kier molecular flexibility index (Phi) is 4.14. The van der Waals surface area contributed by atoms with Crippen LogP contribution in [0.25, 0.3) is 10.9 Å². The Bertz CT molecular complexity index is 672. The number of fused-ring (bicyclic) bond motifs is 1. The maximum atomic E-state index is 12.3. The molecule has 0 bridgehead atoms. The Balaban J connectivity index is 1.77. The number of carbonyl (C=O) groups excluding carboxylic acids is 1. The van der Waals surface area contributed by atoms with Gasteiger partial charge in [-0.25, -0.2) is 0 Å². The van der Waals surface area contributed by atoms with Crippen LogP contribution in [0.5, 0.6) is 0 Å². The zero-order valence-corrected chi connectivity index (χ0v) is 13.4. The third-order valence-corrected chi connectivity index (χ3v) is 5.11. The van der Waals surface area contributed by atoms with Gasteiger partial charge in [0.2, 0.25) is 0 Å². The topological polar surface area (TPSA) is 44.9 Å². The average molecular weight is 325 g/mol. The van der Waals surface area contributed by atoms with Gasteiger partial charge in [-0.2, -0.15) is 0 Å². The van der Waals surface area contributed by atoms with Crippen LogP contribution in [0.3, 0.4) is 0 Å². The van der Waals surface area contributed by atoms with Crippen molar-refractivity contribution in [2.24, 2.45) is 5.92 Å². The van der Waals surface area contributed by atoms with Crippen molar-refractivity contribution >= 4 is 40.0 Å². The summed E-state index contributed by atoms with van der Waals surface area (Å²) in [6.07, 6.45) is 4.47. The Hall–Kier alpha value is -1.19. The van der Waals surface area contributed by atoms with E-state index >= 15 is 0 Å². The van der Waals surface area contributed by atoms with Crippen molar-refractivity contribution in [2.45, 2.75) is 38.6 Å². The summed E-state index contributed by atoms with van der Waals surface area (Å²) in [6, 6.07) is 5.61. The van der Waals surface area contributed by atoms with Gasteiger partial charge in [0, 0.05) is 16.9 Å². The van der Waals surface area contributed by atoms with Crippen LogP contribution in [0.1, 0.15) is 43.1 Å². The van der Waals surface area contributed by atoms with Crippen molar-refractivity contribution in [1.29, 1.82) is 0 Å². The molecule has 3 nitrogen and oxygen atoms in total. The molecule has 0 atom stereocenters. The molecule has 1 amide bonds. The second-order valence-electron chi connectivity index (χ2n) is 5.94. The van der Waals surface area contributed by atoms with Gasteiger partial charge >= 0.3 is 0 Å². The monoisotopic (exact) mass is 324 g/mol. The van der Waals surface area contributed by atoms with Gasteiger partial charge in [-0.1, -0.05) is 30.1 Å². The lowest BCUT2D eigenvalue weighted by Gasteiger charge is -2.26. The number of carbonyl (C=O) groups is 1. The van der Waals surface area contributed by atoms with Gasteiger partial charge in [0.25, 0.3) is 5.91 Å². The van der Waals surface area contributed by atoms with E-state index in [1.54, 1.807) is 12.1 Å². The summed E-state index contributed by atoms with van der Waals surface area (Å²) in [7, 11) is 0. The highest BCUT2D eigenvalue weighted by atomic mass is 35.5. The number of amides is 1. The highest BCUT2D eigenvalue weighted by molar-refractivity contribution is 6.45. The fourth-order valence-corrected chi connectivity index (χ4v) is 3.32. The third-order valence-electron chi connectivity index (χ3n) is 4.29. The first-order valence-corrected chi connectivity index (χ1v) is 8.08. The minimum absolute atomic E-state index is 0.0713. The van der Waals surface area contributed by atoms with Crippen molar-refractivity contribution in [1.82, 2.24) is 10.3 Å². The second kappa shape index (κ2) is 5.90. The predicted molar refractivity (Wildman–Crippen MR) is 87.2 cm³/mol. The maximum Gasteiger partial charge on any atom is 0.267 e. The van der Waals surface area contributed by atoms with Gasteiger partial charge in [-0.15, -0.1) is 0 Å². The SMILES string of the molecule is CC1CCC(NC(=O)c2cc3c(Cl)c(Cl)ccc3[nH]2)CC1. The van der Waals surface area contributed by atoms with E-state index in [4.69, 9.17) is 23.2 Å². The van der Waals surface area contributed by atoms with E-state index in [-0.39, 0.29) is 11.9 Å². The van der Waals surface area contributed by atoms with Gasteiger partial charge in [0.05, 0.1) is 10.0 Å². The number of aromatic nitrogens is 1. The summed E-state index contributed by atoms with van der Waals surface area (Å²) in [5.41, 5.74) is 1.36. The van der Waals surface area contributed by atoms with Gasteiger partial charge in [0.15, 0.2) is 0 Å². The van der Waals surface area contributed by atoms with Crippen LogP contribution in [-0.2, 0) is 0 Å². The van der Waals surface area contributed by atoms with Crippen LogP contribution in [0.2, 0.25) is 10.0 Å². The van der Waals surface area contributed by atoms with Gasteiger partial charge in [-0.05, 0) is 49.8 Å². The predicted octanol–water partition coefficient (Wildman–Crippen LogP) is 4.78. The van der Waals surface area contributed by atoms with E-state index in [1.807, 2.05) is 6.07 Å². The van der Waals surface area contributed by atoms with Crippen LogP contribution in [-0.4, -0.2) is 16.9 Å². The Labute approximate surface area is 134 Å². The van der Waals surface area contributed by atoms with Gasteiger partial charge in [-0.3, -0.25) is 4.79 Å². The molecule has 0 unspecified atom stereocenters. The average Bonchev–Trinajstić information content (AvgIpc) is 2.90. The Morgan fingerprint density at radius 2 is 1.95 bits per heavy atom. The number of H-pyrrole nitrogens is 1. The van der Waals surface area contributed by atoms with E-state index in [0.717, 1.165) is 29.7 Å². The Morgan fingerprint density at radius 3 is 2.67 bits per heavy atom. The molecule has 0 saturated heterocycles. The molecule has 1 aliphatic rings. The van der Waals surface area contributed by atoms with Crippen LogP contribution in [0, 0.1) is 5.92 Å². The number of benzene rings is 1. The molecule has 5 heteroatoms. The smallest absolute Gasteiger partial charge is 0.267 e. The zero-order chi connectivity index (χ0) is 15.0. The largest absolute Gasteiger partial charge is 0.350 e. The molecule has 1 aromatic heterocycles. The Morgan fingerprint density at radius 1 is 1.24 bits per heavy atom. The number of rotatable bonds is 2. The molecule has 1 saturated carbocycles. The summed E-state index contributed by atoms with van der Waals surface area (Å²) in [6.45, 7) is 2.27. The van der Waals surface area contributed by atoms with Gasteiger partial charge < -0.3 is 10.3 Å². The van der Waals surface area contributed by atoms with E-state index in [1.165, 1.54) is 12.8 Å². The van der Waals surface area contributed by atoms with Crippen molar-refractivity contribution in [3.8, 4) is 0 Å². The zero-order valence-electron chi connectivity index (χ0n) is 11.9. The lowest BCUT2D eigenvalue weighted by atomic mass is 9.87. The highest BCUT2D eigenvalue weighted by Gasteiger charge is 2.21. The molecule has 1 aliphatic carbocycles. The van der Waals surface area contributed by atoms with Crippen LogP contribution in [0.4, 0.5) is 0 Å². The minimum Gasteiger partial charge on any atom is -0.350 e. The number of hydrogen-bond acceptors (Lipinski definition) is 1. The van der Waals surface area contributed by atoms with E-state index in [2.05, 4.69) is 17.2 Å². The summed E-state index contributed by atoms with van der Waals surface area (Å²) in [5.74, 6) is 0.699. The fraction of sp³-hybridized carbons (Fsp3) is 0.438. The van der Waals surface area contributed by atoms with E-state index in [0.29, 0.717) is 15.7 Å². The fourth-order valence-electron chi connectivity index (χ4n) is 2.93. The molecule has 0 aliphatic heterocycles. The van der Waals surface area contributed by atoms with Crippen LogP contribution in [0.15, 0.2) is 18.2 Å². The lowest BCUT2D eigenvalue weighted by Crippen LogP contribution is -2.37. The molecule has 112 valence electrons. The van der Waals surface area contributed by atoms with E-state index < -0.39 is 0 Å². The third kappa shape index (κ3) is 3.04. The summed E-state index contributed by atoms with van der Waals surface area (Å²) in [4.78, 5) is 15.4. The normalized spacial score (nSPS) is 22.4. The molecule has 3 rings (SSSR count).